The zero-order valence-corrected chi connectivity index (χ0v) is 10.6. The first-order valence-corrected chi connectivity index (χ1v) is 6.59. The lowest BCUT2D eigenvalue weighted by atomic mass is 10.1. The van der Waals surface area contributed by atoms with Crippen molar-refractivity contribution >= 4 is 17.0 Å². The summed E-state index contributed by atoms with van der Waals surface area (Å²) in [5, 5.41) is 7.85. The van der Waals surface area contributed by atoms with Crippen LogP contribution in [0.4, 0.5) is 5.69 Å². The van der Waals surface area contributed by atoms with E-state index in [-0.39, 0.29) is 0 Å². The topological polar surface area (TPSA) is 12.0 Å². The molecule has 1 aromatic carbocycles. The Balaban J connectivity index is 2.14. The first-order chi connectivity index (χ1) is 7.81. The van der Waals surface area contributed by atoms with Crippen molar-refractivity contribution in [1.29, 1.82) is 0 Å². The van der Waals surface area contributed by atoms with E-state index >= 15 is 0 Å². The highest BCUT2D eigenvalue weighted by atomic mass is 32.1. The van der Waals surface area contributed by atoms with Gasteiger partial charge in [0.25, 0.3) is 0 Å². The van der Waals surface area contributed by atoms with Gasteiger partial charge in [-0.2, -0.15) is 11.3 Å². The van der Waals surface area contributed by atoms with Gasteiger partial charge in [0.05, 0.1) is 0 Å². The fraction of sp³-hybridized carbons (Fsp3) is 0.286. The van der Waals surface area contributed by atoms with Crippen molar-refractivity contribution in [3.8, 4) is 0 Å². The maximum atomic E-state index is 3.54. The maximum absolute atomic E-state index is 3.54. The number of anilines is 1. The Labute approximate surface area is 101 Å². The molecule has 16 heavy (non-hydrogen) atoms. The highest BCUT2D eigenvalue weighted by Gasteiger charge is 2.03. The lowest BCUT2D eigenvalue weighted by Crippen LogP contribution is -2.03. The molecule has 0 aliphatic rings. The minimum Gasteiger partial charge on any atom is -0.380 e. The number of nitrogens with one attached hydrogen (secondary N) is 1. The second kappa shape index (κ2) is 5.17. The van der Waals surface area contributed by atoms with E-state index in [0.29, 0.717) is 0 Å². The van der Waals surface area contributed by atoms with Gasteiger partial charge in [-0.1, -0.05) is 25.1 Å². The van der Waals surface area contributed by atoms with Crippen molar-refractivity contribution in [2.45, 2.75) is 26.8 Å². The molecule has 1 heterocycles. The van der Waals surface area contributed by atoms with Crippen LogP contribution in [0.3, 0.4) is 0 Å². The van der Waals surface area contributed by atoms with Crippen LogP contribution < -0.4 is 5.32 Å². The van der Waals surface area contributed by atoms with E-state index < -0.39 is 0 Å². The van der Waals surface area contributed by atoms with Crippen molar-refractivity contribution in [2.75, 3.05) is 5.32 Å². The van der Waals surface area contributed by atoms with E-state index in [1.165, 1.54) is 22.4 Å². The quantitative estimate of drug-likeness (QED) is 0.830. The summed E-state index contributed by atoms with van der Waals surface area (Å²) < 4.78 is 0. The molecule has 2 aromatic rings. The highest BCUT2D eigenvalue weighted by molar-refractivity contribution is 7.07. The molecule has 2 heteroatoms. The average Bonchev–Trinajstić information content (AvgIpc) is 2.80. The van der Waals surface area contributed by atoms with Gasteiger partial charge in [-0.25, -0.2) is 0 Å². The van der Waals surface area contributed by atoms with Gasteiger partial charge < -0.3 is 5.32 Å². The van der Waals surface area contributed by atoms with Gasteiger partial charge in [0, 0.05) is 12.2 Å². The zero-order valence-electron chi connectivity index (χ0n) is 9.79. The van der Waals surface area contributed by atoms with Crippen LogP contribution in [0.1, 0.15) is 23.6 Å². The molecule has 0 saturated heterocycles. The third-order valence-corrected chi connectivity index (χ3v) is 3.52. The second-order valence-corrected chi connectivity index (χ2v) is 4.73. The van der Waals surface area contributed by atoms with Crippen LogP contribution in [-0.2, 0) is 13.0 Å². The summed E-state index contributed by atoms with van der Waals surface area (Å²) >= 11 is 1.75. The SMILES string of the molecule is CCc1cccc(C)c1NCc1ccsc1. The number of hydrogen-bond donors (Lipinski definition) is 1. The van der Waals surface area contributed by atoms with E-state index in [0.717, 1.165) is 13.0 Å². The molecular formula is C14H17NS. The number of rotatable bonds is 4. The third kappa shape index (κ3) is 2.45. The van der Waals surface area contributed by atoms with Crippen molar-refractivity contribution < 1.29 is 0 Å². The maximum Gasteiger partial charge on any atom is 0.0409 e. The third-order valence-electron chi connectivity index (χ3n) is 2.79. The smallest absolute Gasteiger partial charge is 0.0409 e. The fourth-order valence-electron chi connectivity index (χ4n) is 1.86. The van der Waals surface area contributed by atoms with Gasteiger partial charge in [0.2, 0.25) is 0 Å². The summed E-state index contributed by atoms with van der Waals surface area (Å²) in [4.78, 5) is 0. The highest BCUT2D eigenvalue weighted by Crippen LogP contribution is 2.22. The second-order valence-electron chi connectivity index (χ2n) is 3.95. The van der Waals surface area contributed by atoms with E-state index in [1.54, 1.807) is 11.3 Å². The molecule has 84 valence electrons. The number of benzene rings is 1. The number of aryl methyl sites for hydroxylation is 2. The minimum absolute atomic E-state index is 0.918. The standard InChI is InChI=1S/C14H17NS/c1-3-13-6-4-5-11(2)14(13)15-9-12-7-8-16-10-12/h4-8,10,15H,3,9H2,1-2H3. The molecule has 0 atom stereocenters. The van der Waals surface area contributed by atoms with Crippen molar-refractivity contribution in [3.05, 3.63) is 51.7 Å². The average molecular weight is 231 g/mol. The van der Waals surface area contributed by atoms with Crippen LogP contribution in [0.25, 0.3) is 0 Å². The normalized spacial score (nSPS) is 10.4. The molecule has 1 aromatic heterocycles. The minimum atomic E-state index is 0.918. The molecule has 0 aliphatic carbocycles. The predicted octanol–water partition coefficient (Wildman–Crippen LogP) is 4.23. The summed E-state index contributed by atoms with van der Waals surface area (Å²) in [7, 11) is 0. The molecule has 0 unspecified atom stereocenters. The number of hydrogen-bond acceptors (Lipinski definition) is 2. The molecule has 1 N–H and O–H groups in total. The van der Waals surface area contributed by atoms with Gasteiger partial charge in [0.15, 0.2) is 0 Å². The summed E-state index contributed by atoms with van der Waals surface area (Å²) in [6.07, 6.45) is 1.08. The van der Waals surface area contributed by atoms with Crippen molar-refractivity contribution in [1.82, 2.24) is 0 Å². The molecule has 0 saturated carbocycles. The zero-order chi connectivity index (χ0) is 11.4. The van der Waals surface area contributed by atoms with E-state index in [2.05, 4.69) is 54.2 Å². The molecule has 0 fully saturated rings. The van der Waals surface area contributed by atoms with Crippen LogP contribution >= 0.6 is 11.3 Å². The summed E-state index contributed by atoms with van der Waals surface area (Å²) in [6, 6.07) is 8.66. The largest absolute Gasteiger partial charge is 0.380 e. The monoisotopic (exact) mass is 231 g/mol. The predicted molar refractivity (Wildman–Crippen MR) is 72.2 cm³/mol. The Morgan fingerprint density at radius 2 is 2.12 bits per heavy atom. The first-order valence-electron chi connectivity index (χ1n) is 5.64. The van der Waals surface area contributed by atoms with Crippen LogP contribution in [0.5, 0.6) is 0 Å². The molecule has 0 amide bonds. The van der Waals surface area contributed by atoms with Gasteiger partial charge in [0.1, 0.15) is 0 Å². The lowest BCUT2D eigenvalue weighted by molar-refractivity contribution is 1.09. The Bertz CT molecular complexity index is 446. The van der Waals surface area contributed by atoms with Gasteiger partial charge in [-0.3, -0.25) is 0 Å². The Morgan fingerprint density at radius 1 is 1.25 bits per heavy atom. The van der Waals surface area contributed by atoms with Gasteiger partial charge in [-0.05, 0) is 46.9 Å². The van der Waals surface area contributed by atoms with Crippen LogP contribution in [0.15, 0.2) is 35.0 Å². The van der Waals surface area contributed by atoms with Crippen LogP contribution in [0.2, 0.25) is 0 Å². The van der Waals surface area contributed by atoms with Gasteiger partial charge in [-0.15, -0.1) is 0 Å². The molecular weight excluding hydrogens is 214 g/mol. The summed E-state index contributed by atoms with van der Waals surface area (Å²) in [5.41, 5.74) is 5.39. The molecule has 0 radical (unpaired) electrons. The first kappa shape index (κ1) is 11.2. The fourth-order valence-corrected chi connectivity index (χ4v) is 2.53. The molecule has 0 aliphatic heterocycles. The molecule has 1 nitrogen and oxygen atoms in total. The molecule has 0 spiro atoms. The number of para-hydroxylation sites is 1. The lowest BCUT2D eigenvalue weighted by Gasteiger charge is -2.13. The van der Waals surface area contributed by atoms with Crippen LogP contribution in [-0.4, -0.2) is 0 Å². The summed E-state index contributed by atoms with van der Waals surface area (Å²) in [5.74, 6) is 0. The Morgan fingerprint density at radius 3 is 2.81 bits per heavy atom. The van der Waals surface area contributed by atoms with E-state index in [4.69, 9.17) is 0 Å². The van der Waals surface area contributed by atoms with Crippen molar-refractivity contribution in [3.63, 3.8) is 0 Å². The van der Waals surface area contributed by atoms with Crippen molar-refractivity contribution in [2.24, 2.45) is 0 Å². The molecule has 0 bridgehead atoms. The van der Waals surface area contributed by atoms with E-state index in [1.807, 2.05) is 0 Å². The number of thiophene rings is 1. The molecule has 2 rings (SSSR count). The Hall–Kier alpha value is -1.28. The van der Waals surface area contributed by atoms with Crippen LogP contribution in [0, 0.1) is 6.92 Å². The summed E-state index contributed by atoms with van der Waals surface area (Å²) in [6.45, 7) is 5.28. The van der Waals surface area contributed by atoms with E-state index in [9.17, 15) is 0 Å². The Kier molecular flexibility index (Phi) is 3.62. The van der Waals surface area contributed by atoms with Gasteiger partial charge >= 0.3 is 0 Å².